The van der Waals surface area contributed by atoms with Gasteiger partial charge in [0, 0.05) is 25.5 Å². The first-order valence-electron chi connectivity index (χ1n) is 6.22. The minimum Gasteiger partial charge on any atom is -0.334 e. The zero-order chi connectivity index (χ0) is 13.4. The van der Waals surface area contributed by atoms with E-state index in [9.17, 15) is 4.79 Å². The Hall–Kier alpha value is -2.24. The number of hydrogen-bond acceptors (Lipinski definition) is 4. The quantitative estimate of drug-likeness (QED) is 0.804. The van der Waals surface area contributed by atoms with Gasteiger partial charge in [0.05, 0.1) is 11.6 Å². The molecule has 2 aromatic rings. The lowest BCUT2D eigenvalue weighted by Crippen LogP contribution is -2.50. The van der Waals surface area contributed by atoms with Crippen LogP contribution in [0.25, 0.3) is 0 Å². The predicted octanol–water partition coefficient (Wildman–Crippen LogP) is 0.987. The minimum atomic E-state index is 0.0400. The van der Waals surface area contributed by atoms with E-state index < -0.39 is 0 Å². The lowest BCUT2D eigenvalue weighted by Gasteiger charge is -2.40. The molecule has 1 aliphatic rings. The molecule has 3 heterocycles. The second-order valence-electron chi connectivity index (χ2n) is 4.90. The monoisotopic (exact) mass is 257 g/mol. The van der Waals surface area contributed by atoms with Crippen LogP contribution in [-0.4, -0.2) is 43.6 Å². The van der Waals surface area contributed by atoms with Crippen LogP contribution in [0.2, 0.25) is 0 Å². The maximum atomic E-state index is 12.2. The molecular formula is C13H15N5O. The summed E-state index contributed by atoms with van der Waals surface area (Å²) >= 11 is 0. The smallest absolute Gasteiger partial charge is 0.255 e. The predicted molar refractivity (Wildman–Crippen MR) is 68.7 cm³/mol. The van der Waals surface area contributed by atoms with E-state index in [4.69, 9.17) is 0 Å². The highest BCUT2D eigenvalue weighted by Crippen LogP contribution is 2.23. The van der Waals surface area contributed by atoms with Crippen LogP contribution in [0.3, 0.4) is 0 Å². The van der Waals surface area contributed by atoms with Crippen molar-refractivity contribution in [3.8, 4) is 0 Å². The van der Waals surface area contributed by atoms with Crippen molar-refractivity contribution in [1.82, 2.24) is 24.6 Å². The van der Waals surface area contributed by atoms with E-state index in [1.54, 1.807) is 18.7 Å². The number of rotatable bonds is 2. The number of aromatic nitrogens is 4. The van der Waals surface area contributed by atoms with Crippen LogP contribution < -0.4 is 0 Å². The normalized spacial score (nSPS) is 15.4. The van der Waals surface area contributed by atoms with Crippen molar-refractivity contribution in [2.45, 2.75) is 19.9 Å². The molecule has 2 aromatic heterocycles. The summed E-state index contributed by atoms with van der Waals surface area (Å²) in [5.74, 6) is 0.924. The highest BCUT2D eigenvalue weighted by Gasteiger charge is 2.33. The molecule has 0 spiro atoms. The number of pyridine rings is 1. The summed E-state index contributed by atoms with van der Waals surface area (Å²) in [6.45, 7) is 5.25. The molecule has 0 bridgehead atoms. The number of amides is 1. The van der Waals surface area contributed by atoms with Gasteiger partial charge in [-0.05, 0) is 25.5 Å². The van der Waals surface area contributed by atoms with Crippen LogP contribution in [0, 0.1) is 13.8 Å². The van der Waals surface area contributed by atoms with Crippen molar-refractivity contribution >= 4 is 5.91 Å². The summed E-state index contributed by atoms with van der Waals surface area (Å²) in [6, 6.07) is 2.16. The Morgan fingerprint density at radius 3 is 2.74 bits per heavy atom. The maximum absolute atomic E-state index is 12.2. The molecule has 1 amide bonds. The van der Waals surface area contributed by atoms with E-state index in [1.807, 2.05) is 29.4 Å². The Kier molecular flexibility index (Phi) is 2.77. The third-order valence-corrected chi connectivity index (χ3v) is 3.42. The van der Waals surface area contributed by atoms with Crippen molar-refractivity contribution in [3.05, 3.63) is 41.7 Å². The Labute approximate surface area is 111 Å². The van der Waals surface area contributed by atoms with Gasteiger partial charge in [-0.15, -0.1) is 10.2 Å². The van der Waals surface area contributed by atoms with E-state index in [0.29, 0.717) is 18.7 Å². The zero-order valence-corrected chi connectivity index (χ0v) is 10.9. The summed E-state index contributed by atoms with van der Waals surface area (Å²) in [5, 5.41) is 7.82. The van der Waals surface area contributed by atoms with E-state index in [2.05, 4.69) is 15.2 Å². The molecule has 0 aromatic carbocycles. The molecule has 0 aliphatic carbocycles. The van der Waals surface area contributed by atoms with Gasteiger partial charge in [-0.3, -0.25) is 9.78 Å². The number of aryl methyl sites for hydroxylation is 2. The number of likely N-dealkylation sites (tertiary alicyclic amines) is 1. The van der Waals surface area contributed by atoms with E-state index >= 15 is 0 Å². The van der Waals surface area contributed by atoms with Crippen LogP contribution in [0.15, 0.2) is 24.8 Å². The first-order valence-corrected chi connectivity index (χ1v) is 6.22. The average Bonchev–Trinajstić information content (AvgIpc) is 2.74. The van der Waals surface area contributed by atoms with Crippen molar-refractivity contribution in [2.24, 2.45) is 0 Å². The van der Waals surface area contributed by atoms with Crippen LogP contribution in [0.5, 0.6) is 0 Å². The van der Waals surface area contributed by atoms with Gasteiger partial charge >= 0.3 is 0 Å². The molecule has 1 fully saturated rings. The van der Waals surface area contributed by atoms with E-state index in [1.165, 1.54) is 0 Å². The van der Waals surface area contributed by atoms with Gasteiger partial charge in [-0.25, -0.2) is 0 Å². The Morgan fingerprint density at radius 2 is 2.11 bits per heavy atom. The number of carbonyl (C=O) groups excluding carboxylic acids is 1. The van der Waals surface area contributed by atoms with Crippen molar-refractivity contribution < 1.29 is 4.79 Å². The lowest BCUT2D eigenvalue weighted by molar-refractivity contribution is 0.0516. The molecule has 0 radical (unpaired) electrons. The fraction of sp³-hybridized carbons (Fsp3) is 0.385. The highest BCUT2D eigenvalue weighted by molar-refractivity contribution is 5.94. The van der Waals surface area contributed by atoms with Crippen molar-refractivity contribution in [1.29, 1.82) is 0 Å². The average molecular weight is 257 g/mol. The first-order chi connectivity index (χ1) is 9.15. The second-order valence-corrected chi connectivity index (χ2v) is 4.90. The third-order valence-electron chi connectivity index (χ3n) is 3.42. The van der Waals surface area contributed by atoms with E-state index in [0.717, 1.165) is 11.4 Å². The molecule has 1 aliphatic heterocycles. The standard InChI is InChI=1S/C13H15N5O/c1-9-3-11(5-14-4-9)13(19)17-6-12(7-17)18-8-15-16-10(18)2/h3-5,8,12H,6-7H2,1-2H3. The molecule has 98 valence electrons. The topological polar surface area (TPSA) is 63.9 Å². The number of hydrogen-bond donors (Lipinski definition) is 0. The summed E-state index contributed by atoms with van der Waals surface area (Å²) in [6.07, 6.45) is 5.08. The summed E-state index contributed by atoms with van der Waals surface area (Å²) in [7, 11) is 0. The Morgan fingerprint density at radius 1 is 1.32 bits per heavy atom. The fourth-order valence-electron chi connectivity index (χ4n) is 2.31. The van der Waals surface area contributed by atoms with Gasteiger partial charge in [0.1, 0.15) is 12.2 Å². The van der Waals surface area contributed by atoms with Crippen LogP contribution in [-0.2, 0) is 0 Å². The molecule has 0 saturated carbocycles. The molecule has 6 nitrogen and oxygen atoms in total. The zero-order valence-electron chi connectivity index (χ0n) is 10.9. The Bertz CT molecular complexity index is 615. The summed E-state index contributed by atoms with van der Waals surface area (Å²) in [4.78, 5) is 18.1. The molecule has 6 heteroatoms. The first kappa shape index (κ1) is 11.8. The third kappa shape index (κ3) is 2.09. The summed E-state index contributed by atoms with van der Waals surface area (Å²) in [5.41, 5.74) is 1.65. The van der Waals surface area contributed by atoms with Crippen LogP contribution >= 0.6 is 0 Å². The minimum absolute atomic E-state index is 0.0400. The molecule has 1 saturated heterocycles. The maximum Gasteiger partial charge on any atom is 0.255 e. The van der Waals surface area contributed by atoms with Crippen molar-refractivity contribution in [2.75, 3.05) is 13.1 Å². The van der Waals surface area contributed by atoms with Gasteiger partial charge in [0.15, 0.2) is 0 Å². The SMILES string of the molecule is Cc1cncc(C(=O)N2CC(n3cnnc3C)C2)c1. The molecule has 0 unspecified atom stereocenters. The highest BCUT2D eigenvalue weighted by atomic mass is 16.2. The fourth-order valence-corrected chi connectivity index (χ4v) is 2.31. The second kappa shape index (κ2) is 4.46. The van der Waals surface area contributed by atoms with Crippen LogP contribution in [0.1, 0.15) is 27.8 Å². The van der Waals surface area contributed by atoms with Gasteiger partial charge in [-0.2, -0.15) is 0 Å². The molecule has 3 rings (SSSR count). The van der Waals surface area contributed by atoms with E-state index in [-0.39, 0.29) is 11.9 Å². The molecular weight excluding hydrogens is 242 g/mol. The molecule has 0 atom stereocenters. The molecule has 19 heavy (non-hydrogen) atoms. The van der Waals surface area contributed by atoms with Crippen molar-refractivity contribution in [3.63, 3.8) is 0 Å². The number of nitrogens with zero attached hydrogens (tertiary/aromatic N) is 5. The van der Waals surface area contributed by atoms with Gasteiger partial charge < -0.3 is 9.47 Å². The van der Waals surface area contributed by atoms with Gasteiger partial charge in [0.2, 0.25) is 0 Å². The lowest BCUT2D eigenvalue weighted by atomic mass is 10.1. The Balaban J connectivity index is 1.68. The summed E-state index contributed by atoms with van der Waals surface area (Å²) < 4.78 is 2.01. The van der Waals surface area contributed by atoms with Crippen LogP contribution in [0.4, 0.5) is 0 Å². The largest absolute Gasteiger partial charge is 0.334 e. The van der Waals surface area contributed by atoms with Gasteiger partial charge in [0.25, 0.3) is 5.91 Å². The van der Waals surface area contributed by atoms with Gasteiger partial charge in [-0.1, -0.05) is 0 Å². The molecule has 0 N–H and O–H groups in total. The number of carbonyl (C=O) groups is 1.